The minimum absolute atomic E-state index is 0.0296. The van der Waals surface area contributed by atoms with E-state index in [9.17, 15) is 14.3 Å². The normalized spacial score (nSPS) is 11.9. The lowest BCUT2D eigenvalue weighted by Gasteiger charge is -2.12. The van der Waals surface area contributed by atoms with E-state index in [4.69, 9.17) is 5.73 Å². The highest BCUT2D eigenvalue weighted by atomic mass is 19.1. The molecule has 1 heterocycles. The number of halogens is 1. The lowest BCUT2D eigenvalue weighted by molar-refractivity contribution is 0.0911. The number of hydrogen-bond acceptors (Lipinski definition) is 4. The first-order chi connectivity index (χ1) is 9.56. The predicted octanol–water partition coefficient (Wildman–Crippen LogP) is 1.27. The first kappa shape index (κ1) is 14.0. The average Bonchev–Trinajstić information content (AvgIpc) is 2.46. The number of rotatable bonds is 4. The Bertz CT molecular complexity index is 584. The van der Waals surface area contributed by atoms with Crippen LogP contribution in [0.3, 0.4) is 0 Å². The van der Waals surface area contributed by atoms with Crippen molar-refractivity contribution in [1.29, 1.82) is 0 Å². The summed E-state index contributed by atoms with van der Waals surface area (Å²) in [5.41, 5.74) is 6.88. The molecule has 6 heteroatoms. The highest BCUT2D eigenvalue weighted by Crippen LogP contribution is 2.13. The van der Waals surface area contributed by atoms with Crippen molar-refractivity contribution in [2.75, 3.05) is 12.3 Å². The summed E-state index contributed by atoms with van der Waals surface area (Å²) in [6.45, 7) is 0.0296. The number of nitrogen functional groups attached to an aromatic ring is 1. The molecule has 1 aromatic heterocycles. The lowest BCUT2D eigenvalue weighted by Crippen LogP contribution is -2.29. The molecule has 0 aliphatic heterocycles. The van der Waals surface area contributed by atoms with Gasteiger partial charge in [-0.3, -0.25) is 4.79 Å². The van der Waals surface area contributed by atoms with E-state index in [1.165, 1.54) is 6.07 Å². The van der Waals surface area contributed by atoms with Crippen molar-refractivity contribution in [3.05, 3.63) is 59.7 Å². The molecule has 0 fully saturated rings. The van der Waals surface area contributed by atoms with Gasteiger partial charge in [0, 0.05) is 12.2 Å². The minimum Gasteiger partial charge on any atom is -0.399 e. The Morgan fingerprint density at radius 3 is 2.60 bits per heavy atom. The van der Waals surface area contributed by atoms with Crippen molar-refractivity contribution in [3.63, 3.8) is 0 Å². The van der Waals surface area contributed by atoms with E-state index in [0.717, 1.165) is 12.3 Å². The molecule has 1 atom stereocenters. The fourth-order valence-corrected chi connectivity index (χ4v) is 1.63. The molecular weight excluding hydrogens is 261 g/mol. The van der Waals surface area contributed by atoms with Crippen LogP contribution in [0.5, 0.6) is 0 Å². The molecule has 0 saturated heterocycles. The number of carbonyl (C=O) groups is 1. The van der Waals surface area contributed by atoms with Gasteiger partial charge in [-0.2, -0.15) is 0 Å². The summed E-state index contributed by atoms with van der Waals surface area (Å²) in [6, 6.07) is 9.13. The number of hydrogen-bond donors (Lipinski definition) is 3. The molecule has 2 rings (SSSR count). The SMILES string of the molecule is Nc1ccc(C(O)CNC(=O)c2ccc(F)cn2)cc1. The van der Waals surface area contributed by atoms with Gasteiger partial charge in [0.25, 0.3) is 5.91 Å². The third kappa shape index (κ3) is 3.52. The van der Waals surface area contributed by atoms with Crippen molar-refractivity contribution >= 4 is 11.6 Å². The topological polar surface area (TPSA) is 88.2 Å². The number of carbonyl (C=O) groups excluding carboxylic acids is 1. The number of aliphatic hydroxyl groups excluding tert-OH is 1. The Kier molecular flexibility index (Phi) is 4.27. The van der Waals surface area contributed by atoms with Crippen molar-refractivity contribution in [3.8, 4) is 0 Å². The molecule has 0 bridgehead atoms. The van der Waals surface area contributed by atoms with Gasteiger partial charge in [0.1, 0.15) is 11.5 Å². The molecule has 0 aliphatic rings. The number of pyridine rings is 1. The number of nitrogens with two attached hydrogens (primary N) is 1. The van der Waals surface area contributed by atoms with Gasteiger partial charge in [0.2, 0.25) is 0 Å². The van der Waals surface area contributed by atoms with E-state index in [2.05, 4.69) is 10.3 Å². The molecule has 0 saturated carbocycles. The van der Waals surface area contributed by atoms with Gasteiger partial charge in [0.15, 0.2) is 0 Å². The second kappa shape index (κ2) is 6.12. The van der Waals surface area contributed by atoms with Crippen LogP contribution >= 0.6 is 0 Å². The highest BCUT2D eigenvalue weighted by Gasteiger charge is 2.11. The Hall–Kier alpha value is -2.47. The quantitative estimate of drug-likeness (QED) is 0.733. The summed E-state index contributed by atoms with van der Waals surface area (Å²) < 4.78 is 12.7. The molecule has 1 unspecified atom stereocenters. The summed E-state index contributed by atoms with van der Waals surface area (Å²) in [5.74, 6) is -0.983. The molecular formula is C14H14FN3O2. The van der Waals surface area contributed by atoms with Gasteiger partial charge in [-0.05, 0) is 29.8 Å². The van der Waals surface area contributed by atoms with Gasteiger partial charge in [0.05, 0.1) is 12.3 Å². The van der Waals surface area contributed by atoms with E-state index in [1.54, 1.807) is 24.3 Å². The molecule has 1 aromatic carbocycles. The summed E-state index contributed by atoms with van der Waals surface area (Å²) >= 11 is 0. The Balaban J connectivity index is 1.92. The zero-order chi connectivity index (χ0) is 14.5. The van der Waals surface area contributed by atoms with Crippen LogP contribution in [0.25, 0.3) is 0 Å². The molecule has 20 heavy (non-hydrogen) atoms. The van der Waals surface area contributed by atoms with Crippen LogP contribution in [-0.2, 0) is 0 Å². The van der Waals surface area contributed by atoms with Crippen LogP contribution in [0.4, 0.5) is 10.1 Å². The Labute approximate surface area is 115 Å². The maximum absolute atomic E-state index is 12.7. The molecule has 104 valence electrons. The van der Waals surface area contributed by atoms with Crippen LogP contribution in [0, 0.1) is 5.82 Å². The fraction of sp³-hybridized carbons (Fsp3) is 0.143. The van der Waals surface area contributed by atoms with Gasteiger partial charge in [-0.15, -0.1) is 0 Å². The molecule has 1 amide bonds. The standard InChI is InChI=1S/C14H14FN3O2/c15-10-3-6-12(17-7-10)14(20)18-8-13(19)9-1-4-11(16)5-2-9/h1-7,13,19H,8,16H2,(H,18,20). The van der Waals surface area contributed by atoms with Crippen molar-refractivity contribution in [1.82, 2.24) is 10.3 Å². The van der Waals surface area contributed by atoms with E-state index >= 15 is 0 Å². The van der Waals surface area contributed by atoms with Crippen LogP contribution in [0.2, 0.25) is 0 Å². The first-order valence-electron chi connectivity index (χ1n) is 5.99. The number of amides is 1. The summed E-state index contributed by atoms with van der Waals surface area (Å²) in [7, 11) is 0. The van der Waals surface area contributed by atoms with Crippen LogP contribution in [-0.4, -0.2) is 22.5 Å². The zero-order valence-corrected chi connectivity index (χ0v) is 10.6. The minimum atomic E-state index is -0.847. The Morgan fingerprint density at radius 1 is 1.30 bits per heavy atom. The molecule has 5 nitrogen and oxygen atoms in total. The van der Waals surface area contributed by atoms with E-state index < -0.39 is 17.8 Å². The third-order valence-electron chi connectivity index (χ3n) is 2.74. The second-order valence-electron chi connectivity index (χ2n) is 4.25. The number of benzene rings is 1. The van der Waals surface area contributed by atoms with Crippen molar-refractivity contribution in [2.24, 2.45) is 0 Å². The highest BCUT2D eigenvalue weighted by molar-refractivity contribution is 5.92. The van der Waals surface area contributed by atoms with Crippen molar-refractivity contribution < 1.29 is 14.3 Å². The molecule has 4 N–H and O–H groups in total. The summed E-state index contributed by atoms with van der Waals surface area (Å²) in [4.78, 5) is 15.4. The van der Waals surface area contributed by atoms with E-state index in [1.807, 2.05) is 0 Å². The molecule has 0 spiro atoms. The van der Waals surface area contributed by atoms with Gasteiger partial charge >= 0.3 is 0 Å². The number of aromatic nitrogens is 1. The van der Waals surface area contributed by atoms with Crippen LogP contribution < -0.4 is 11.1 Å². The second-order valence-corrected chi connectivity index (χ2v) is 4.25. The number of aliphatic hydroxyl groups is 1. The molecule has 0 aliphatic carbocycles. The lowest BCUT2D eigenvalue weighted by atomic mass is 10.1. The average molecular weight is 275 g/mol. The Morgan fingerprint density at radius 2 is 2.00 bits per heavy atom. The van der Waals surface area contributed by atoms with Crippen LogP contribution in [0.15, 0.2) is 42.6 Å². The smallest absolute Gasteiger partial charge is 0.269 e. The number of nitrogens with one attached hydrogen (secondary N) is 1. The van der Waals surface area contributed by atoms with E-state index in [-0.39, 0.29) is 12.2 Å². The predicted molar refractivity (Wildman–Crippen MR) is 72.3 cm³/mol. The van der Waals surface area contributed by atoms with Gasteiger partial charge < -0.3 is 16.2 Å². The first-order valence-corrected chi connectivity index (χ1v) is 5.99. The number of anilines is 1. The van der Waals surface area contributed by atoms with E-state index in [0.29, 0.717) is 11.3 Å². The van der Waals surface area contributed by atoms with Crippen LogP contribution in [0.1, 0.15) is 22.2 Å². The maximum Gasteiger partial charge on any atom is 0.269 e. The molecule has 2 aromatic rings. The summed E-state index contributed by atoms with van der Waals surface area (Å²) in [6.07, 6.45) is 0.116. The van der Waals surface area contributed by atoms with Gasteiger partial charge in [-0.25, -0.2) is 9.37 Å². The van der Waals surface area contributed by atoms with Crippen molar-refractivity contribution in [2.45, 2.75) is 6.10 Å². The zero-order valence-electron chi connectivity index (χ0n) is 10.6. The number of nitrogens with zero attached hydrogens (tertiary/aromatic N) is 1. The van der Waals surface area contributed by atoms with Gasteiger partial charge in [-0.1, -0.05) is 12.1 Å². The summed E-state index contributed by atoms with van der Waals surface area (Å²) in [5, 5.41) is 12.4. The largest absolute Gasteiger partial charge is 0.399 e. The monoisotopic (exact) mass is 275 g/mol. The fourth-order valence-electron chi connectivity index (χ4n) is 1.63. The maximum atomic E-state index is 12.7. The molecule has 0 radical (unpaired) electrons. The third-order valence-corrected chi connectivity index (χ3v) is 2.74.